The summed E-state index contributed by atoms with van der Waals surface area (Å²) in [5.41, 5.74) is 0.195. The molecule has 5 nitrogen and oxygen atoms in total. The average molecular weight is 464 g/mol. The highest BCUT2D eigenvalue weighted by molar-refractivity contribution is 14.0. The van der Waals surface area contributed by atoms with Crippen LogP contribution in [0.25, 0.3) is 0 Å². The van der Waals surface area contributed by atoms with Gasteiger partial charge in [0.25, 0.3) is 0 Å². The number of aliphatic imine (C=N–C) groups is 1. The third kappa shape index (κ3) is 4.43. The molecular formula is C19H37IN4O. The number of ether oxygens (including phenoxy) is 1. The second-order valence-electron chi connectivity index (χ2n) is 8.77. The number of nitrogens with one attached hydrogen (secondary N) is 1. The van der Waals surface area contributed by atoms with Gasteiger partial charge in [-0.3, -0.25) is 9.89 Å². The molecule has 3 unspecified atom stereocenters. The van der Waals surface area contributed by atoms with Gasteiger partial charge in [0.05, 0.1) is 6.10 Å². The SMILES string of the molecule is CN=C(NC1C2CCCOC2C1(C)C)N1CCN(CC(C)C)CC1.I. The fourth-order valence-corrected chi connectivity index (χ4v) is 4.91. The van der Waals surface area contributed by atoms with Crippen molar-refractivity contribution in [2.45, 2.75) is 52.7 Å². The van der Waals surface area contributed by atoms with Crippen molar-refractivity contribution in [2.24, 2.45) is 22.2 Å². The number of fused-ring (bicyclic) bond motifs is 1. The van der Waals surface area contributed by atoms with Gasteiger partial charge in [0.1, 0.15) is 0 Å². The molecule has 0 bridgehead atoms. The van der Waals surface area contributed by atoms with Crippen molar-refractivity contribution in [1.29, 1.82) is 0 Å². The van der Waals surface area contributed by atoms with E-state index in [-0.39, 0.29) is 29.4 Å². The van der Waals surface area contributed by atoms with Crippen molar-refractivity contribution >= 4 is 29.9 Å². The summed E-state index contributed by atoms with van der Waals surface area (Å²) in [4.78, 5) is 9.61. The molecule has 0 spiro atoms. The molecule has 3 atom stereocenters. The van der Waals surface area contributed by atoms with Gasteiger partial charge in [-0.05, 0) is 18.8 Å². The van der Waals surface area contributed by atoms with Gasteiger partial charge < -0.3 is 15.0 Å². The van der Waals surface area contributed by atoms with Gasteiger partial charge in [0.2, 0.25) is 0 Å². The van der Waals surface area contributed by atoms with Crippen molar-refractivity contribution < 1.29 is 4.74 Å². The number of hydrogen-bond donors (Lipinski definition) is 1. The molecule has 2 heterocycles. The van der Waals surface area contributed by atoms with Crippen LogP contribution in [0.15, 0.2) is 4.99 Å². The Morgan fingerprint density at radius 2 is 1.92 bits per heavy atom. The lowest BCUT2D eigenvalue weighted by molar-refractivity contribution is -0.188. The second kappa shape index (κ2) is 8.74. The fraction of sp³-hybridized carbons (Fsp3) is 0.947. The molecule has 0 radical (unpaired) electrons. The third-order valence-corrected chi connectivity index (χ3v) is 6.12. The molecule has 0 amide bonds. The van der Waals surface area contributed by atoms with Gasteiger partial charge in [0.15, 0.2) is 5.96 Å². The molecule has 2 saturated heterocycles. The highest BCUT2D eigenvalue weighted by Gasteiger charge is 2.58. The molecule has 25 heavy (non-hydrogen) atoms. The van der Waals surface area contributed by atoms with Crippen LogP contribution in [0.3, 0.4) is 0 Å². The normalized spacial score (nSPS) is 32.6. The number of hydrogen-bond acceptors (Lipinski definition) is 3. The van der Waals surface area contributed by atoms with Crippen LogP contribution in [-0.4, -0.2) is 74.3 Å². The monoisotopic (exact) mass is 464 g/mol. The summed E-state index contributed by atoms with van der Waals surface area (Å²) in [6.45, 7) is 15.8. The number of piperazine rings is 1. The number of guanidine groups is 1. The predicted octanol–water partition coefficient (Wildman–Crippen LogP) is 2.66. The Hall–Kier alpha value is -0.0800. The van der Waals surface area contributed by atoms with Gasteiger partial charge >= 0.3 is 0 Å². The zero-order chi connectivity index (χ0) is 17.3. The Bertz CT molecular complexity index is 460. The Balaban J connectivity index is 0.00000225. The van der Waals surface area contributed by atoms with Crippen molar-refractivity contribution in [3.05, 3.63) is 0 Å². The van der Waals surface area contributed by atoms with Gasteiger partial charge in [-0.15, -0.1) is 24.0 Å². The van der Waals surface area contributed by atoms with Gasteiger partial charge in [0, 0.05) is 63.8 Å². The summed E-state index contributed by atoms with van der Waals surface area (Å²) in [6, 6.07) is 0.482. The third-order valence-electron chi connectivity index (χ3n) is 6.12. The van der Waals surface area contributed by atoms with Crippen molar-refractivity contribution in [3.63, 3.8) is 0 Å². The quantitative estimate of drug-likeness (QED) is 0.396. The van der Waals surface area contributed by atoms with E-state index in [4.69, 9.17) is 4.74 Å². The zero-order valence-electron chi connectivity index (χ0n) is 16.6. The Morgan fingerprint density at radius 3 is 2.52 bits per heavy atom. The van der Waals surface area contributed by atoms with E-state index in [2.05, 4.69) is 47.8 Å². The maximum absolute atomic E-state index is 6.03. The van der Waals surface area contributed by atoms with Crippen molar-refractivity contribution in [2.75, 3.05) is 46.4 Å². The molecule has 146 valence electrons. The summed E-state index contributed by atoms with van der Waals surface area (Å²) in [5.74, 6) is 2.47. The molecule has 2 aliphatic heterocycles. The molecule has 3 aliphatic rings. The number of rotatable bonds is 3. The van der Waals surface area contributed by atoms with E-state index in [0.717, 1.165) is 44.7 Å². The van der Waals surface area contributed by atoms with E-state index in [9.17, 15) is 0 Å². The number of halogens is 1. The maximum atomic E-state index is 6.03. The van der Waals surface area contributed by atoms with Crippen LogP contribution in [0.2, 0.25) is 0 Å². The summed E-state index contributed by atoms with van der Waals surface area (Å²) < 4.78 is 6.03. The van der Waals surface area contributed by atoms with Crippen LogP contribution >= 0.6 is 24.0 Å². The highest BCUT2D eigenvalue weighted by Crippen LogP contribution is 2.51. The predicted molar refractivity (Wildman–Crippen MR) is 115 cm³/mol. The summed E-state index contributed by atoms with van der Waals surface area (Å²) >= 11 is 0. The minimum Gasteiger partial charge on any atom is -0.377 e. The molecule has 3 rings (SSSR count). The van der Waals surface area contributed by atoms with Crippen LogP contribution in [0.5, 0.6) is 0 Å². The van der Waals surface area contributed by atoms with E-state index < -0.39 is 0 Å². The molecular weight excluding hydrogens is 427 g/mol. The molecule has 6 heteroatoms. The molecule has 0 aromatic carbocycles. The summed E-state index contributed by atoms with van der Waals surface area (Å²) in [5, 5.41) is 3.80. The fourth-order valence-electron chi connectivity index (χ4n) is 4.91. The first kappa shape index (κ1) is 21.2. The van der Waals surface area contributed by atoms with Crippen LogP contribution in [0, 0.1) is 17.3 Å². The second-order valence-corrected chi connectivity index (χ2v) is 8.77. The van der Waals surface area contributed by atoms with Gasteiger partial charge in [-0.2, -0.15) is 0 Å². The first-order valence-corrected chi connectivity index (χ1v) is 9.75. The van der Waals surface area contributed by atoms with Crippen LogP contribution in [0.4, 0.5) is 0 Å². The molecule has 1 aliphatic carbocycles. The molecule has 0 aromatic rings. The molecule has 1 N–H and O–H groups in total. The molecule has 3 fully saturated rings. The molecule has 1 saturated carbocycles. The van der Waals surface area contributed by atoms with E-state index in [0.29, 0.717) is 18.1 Å². The standard InChI is InChI=1S/C19H36N4O.HI/c1-14(2)13-22-8-10-23(11-9-22)18(20-5)21-16-15-7-6-12-24-17(15)19(16,3)4;/h14-17H,6-13H2,1-5H3,(H,20,21);1H. The van der Waals surface area contributed by atoms with E-state index in [1.54, 1.807) is 0 Å². The first-order valence-electron chi connectivity index (χ1n) is 9.75. The summed E-state index contributed by atoms with van der Waals surface area (Å²) in [6.07, 6.45) is 2.90. The smallest absolute Gasteiger partial charge is 0.193 e. The topological polar surface area (TPSA) is 40.1 Å². The minimum absolute atomic E-state index is 0. The average Bonchev–Trinajstić information content (AvgIpc) is 2.56. The highest BCUT2D eigenvalue weighted by atomic mass is 127. The van der Waals surface area contributed by atoms with Crippen molar-refractivity contribution in [1.82, 2.24) is 15.1 Å². The van der Waals surface area contributed by atoms with E-state index in [1.807, 2.05) is 7.05 Å². The number of nitrogens with zero attached hydrogens (tertiary/aromatic N) is 3. The molecule has 0 aromatic heterocycles. The first-order chi connectivity index (χ1) is 11.4. The lowest BCUT2D eigenvalue weighted by Gasteiger charge is -2.60. The van der Waals surface area contributed by atoms with Gasteiger partial charge in [-0.1, -0.05) is 27.7 Å². The lowest BCUT2D eigenvalue weighted by Crippen LogP contribution is -2.71. The Kier molecular flexibility index (Phi) is 7.42. The Morgan fingerprint density at radius 1 is 1.24 bits per heavy atom. The largest absolute Gasteiger partial charge is 0.377 e. The Labute approximate surface area is 171 Å². The summed E-state index contributed by atoms with van der Waals surface area (Å²) in [7, 11) is 1.92. The van der Waals surface area contributed by atoms with Crippen molar-refractivity contribution in [3.8, 4) is 0 Å². The van der Waals surface area contributed by atoms with Gasteiger partial charge in [-0.25, -0.2) is 0 Å². The van der Waals surface area contributed by atoms with E-state index >= 15 is 0 Å². The zero-order valence-corrected chi connectivity index (χ0v) is 19.0. The van der Waals surface area contributed by atoms with Crippen LogP contribution < -0.4 is 5.32 Å². The van der Waals surface area contributed by atoms with E-state index in [1.165, 1.54) is 19.4 Å². The minimum atomic E-state index is 0. The van der Waals surface area contributed by atoms with Crippen LogP contribution in [0.1, 0.15) is 40.5 Å². The lowest BCUT2D eigenvalue weighted by atomic mass is 9.55. The van der Waals surface area contributed by atoms with Crippen LogP contribution in [-0.2, 0) is 4.74 Å². The maximum Gasteiger partial charge on any atom is 0.193 e.